The molecule has 1 unspecified atom stereocenters. The average Bonchev–Trinajstić information content (AvgIpc) is 3.12. The Kier molecular flexibility index (Phi) is 6.64. The lowest BCUT2D eigenvalue weighted by Gasteiger charge is -2.32. The van der Waals surface area contributed by atoms with Crippen LogP contribution in [0.3, 0.4) is 0 Å². The van der Waals surface area contributed by atoms with Crippen molar-refractivity contribution >= 4 is 24.0 Å². The minimum Gasteiger partial charge on any atom is -0.337 e. The molecule has 10 heteroatoms. The standard InChI is InChI=1S/C16H20N6O3.ClH/c1-17-9-12-4-3-7-20(10-12)16(23)15-11-21(19-18-15)13-5-2-6-14(8-13)22(24)25;/h2,5-6,8,11-12,17H,3-4,7,9-10H2,1H3;1H. The largest absolute Gasteiger partial charge is 0.337 e. The molecule has 2 heterocycles. The lowest BCUT2D eigenvalue weighted by Crippen LogP contribution is -2.42. The van der Waals surface area contributed by atoms with Crippen LogP contribution >= 0.6 is 12.4 Å². The average molecular weight is 381 g/mol. The van der Waals surface area contributed by atoms with Gasteiger partial charge in [0.05, 0.1) is 16.8 Å². The summed E-state index contributed by atoms with van der Waals surface area (Å²) in [7, 11) is 1.91. The first-order chi connectivity index (χ1) is 12.1. The summed E-state index contributed by atoms with van der Waals surface area (Å²) in [6.45, 7) is 2.29. The number of benzene rings is 1. The summed E-state index contributed by atoms with van der Waals surface area (Å²) in [5.41, 5.74) is 0.705. The predicted octanol–water partition coefficient (Wildman–Crippen LogP) is 1.67. The lowest BCUT2D eigenvalue weighted by molar-refractivity contribution is -0.384. The fourth-order valence-electron chi connectivity index (χ4n) is 3.10. The fraction of sp³-hybridized carbons (Fsp3) is 0.438. The van der Waals surface area contributed by atoms with E-state index < -0.39 is 4.92 Å². The van der Waals surface area contributed by atoms with Gasteiger partial charge in [0.1, 0.15) is 0 Å². The monoisotopic (exact) mass is 380 g/mol. The molecular formula is C16H21ClN6O3. The number of likely N-dealkylation sites (tertiary alicyclic amines) is 1. The van der Waals surface area contributed by atoms with Gasteiger partial charge in [0, 0.05) is 25.2 Å². The number of carbonyl (C=O) groups excluding carboxylic acids is 1. The van der Waals surface area contributed by atoms with Gasteiger partial charge in [-0.05, 0) is 38.4 Å². The zero-order chi connectivity index (χ0) is 17.8. The SMILES string of the molecule is CNCC1CCCN(C(=O)c2cn(-c3cccc([N+](=O)[O-])c3)nn2)C1.Cl. The molecule has 0 saturated carbocycles. The van der Waals surface area contributed by atoms with Crippen molar-refractivity contribution in [2.45, 2.75) is 12.8 Å². The van der Waals surface area contributed by atoms with E-state index in [0.29, 0.717) is 24.7 Å². The van der Waals surface area contributed by atoms with E-state index in [2.05, 4.69) is 15.6 Å². The molecule has 1 aliphatic rings. The number of carbonyl (C=O) groups is 1. The van der Waals surface area contributed by atoms with Gasteiger partial charge in [0.15, 0.2) is 5.69 Å². The first kappa shape index (κ1) is 19.8. The topological polar surface area (TPSA) is 106 Å². The van der Waals surface area contributed by atoms with E-state index in [1.807, 2.05) is 7.05 Å². The number of non-ortho nitro benzene ring substituents is 1. The maximum Gasteiger partial charge on any atom is 0.276 e. The highest BCUT2D eigenvalue weighted by molar-refractivity contribution is 5.92. The summed E-state index contributed by atoms with van der Waals surface area (Å²) < 4.78 is 1.38. The summed E-state index contributed by atoms with van der Waals surface area (Å²) in [4.78, 5) is 24.9. The highest BCUT2D eigenvalue weighted by Crippen LogP contribution is 2.19. The molecule has 0 bridgehead atoms. The third-order valence-electron chi connectivity index (χ3n) is 4.32. The second-order valence-electron chi connectivity index (χ2n) is 6.14. The van der Waals surface area contributed by atoms with Crippen LogP contribution in [0.1, 0.15) is 23.3 Å². The van der Waals surface area contributed by atoms with Crippen molar-refractivity contribution in [1.29, 1.82) is 0 Å². The minimum atomic E-state index is -0.470. The molecule has 1 atom stereocenters. The Bertz CT molecular complexity index is 779. The number of aromatic nitrogens is 3. The summed E-state index contributed by atoms with van der Waals surface area (Å²) in [6, 6.07) is 6.05. The van der Waals surface area contributed by atoms with Crippen LogP contribution in [-0.2, 0) is 0 Å². The Morgan fingerprint density at radius 3 is 3.00 bits per heavy atom. The molecular weight excluding hydrogens is 360 g/mol. The Hall–Kier alpha value is -2.52. The smallest absolute Gasteiger partial charge is 0.276 e. The number of nitro benzene ring substituents is 1. The molecule has 1 aromatic heterocycles. The van der Waals surface area contributed by atoms with Crippen LogP contribution in [0.25, 0.3) is 5.69 Å². The van der Waals surface area contributed by atoms with E-state index in [1.54, 1.807) is 17.0 Å². The minimum absolute atomic E-state index is 0. The van der Waals surface area contributed by atoms with Crippen molar-refractivity contribution in [3.05, 3.63) is 46.3 Å². The van der Waals surface area contributed by atoms with Crippen molar-refractivity contribution in [3.63, 3.8) is 0 Å². The fourth-order valence-corrected chi connectivity index (χ4v) is 3.10. The van der Waals surface area contributed by atoms with E-state index in [9.17, 15) is 14.9 Å². The third kappa shape index (κ3) is 4.36. The van der Waals surface area contributed by atoms with Gasteiger partial charge in [-0.2, -0.15) is 0 Å². The van der Waals surface area contributed by atoms with E-state index in [4.69, 9.17) is 0 Å². The van der Waals surface area contributed by atoms with Crippen molar-refractivity contribution < 1.29 is 9.72 Å². The van der Waals surface area contributed by atoms with E-state index in [1.165, 1.54) is 23.0 Å². The molecule has 1 aromatic carbocycles. The number of piperidine rings is 1. The summed E-state index contributed by atoms with van der Waals surface area (Å²) in [6.07, 6.45) is 3.59. The van der Waals surface area contributed by atoms with Gasteiger partial charge in [0.25, 0.3) is 11.6 Å². The van der Waals surface area contributed by atoms with Gasteiger partial charge in [-0.1, -0.05) is 11.3 Å². The molecule has 2 aromatic rings. The molecule has 140 valence electrons. The number of amides is 1. The van der Waals surface area contributed by atoms with Crippen LogP contribution in [0.4, 0.5) is 5.69 Å². The van der Waals surface area contributed by atoms with Gasteiger partial charge in [0.2, 0.25) is 0 Å². The van der Waals surface area contributed by atoms with Crippen LogP contribution in [0.15, 0.2) is 30.5 Å². The van der Waals surface area contributed by atoms with Gasteiger partial charge in [-0.3, -0.25) is 14.9 Å². The molecule has 1 saturated heterocycles. The first-order valence-electron chi connectivity index (χ1n) is 8.19. The van der Waals surface area contributed by atoms with Gasteiger partial charge < -0.3 is 10.2 Å². The number of nitrogens with zero attached hydrogens (tertiary/aromatic N) is 5. The van der Waals surface area contributed by atoms with Crippen LogP contribution in [-0.4, -0.2) is 57.4 Å². The molecule has 1 N–H and O–H groups in total. The molecule has 0 radical (unpaired) electrons. The second kappa shape index (κ2) is 8.72. The van der Waals surface area contributed by atoms with Crippen LogP contribution in [0.2, 0.25) is 0 Å². The molecule has 0 aliphatic carbocycles. The number of rotatable bonds is 5. The summed E-state index contributed by atoms with van der Waals surface area (Å²) in [5, 5.41) is 21.9. The molecule has 1 fully saturated rings. The van der Waals surface area contributed by atoms with Crippen LogP contribution < -0.4 is 5.32 Å². The number of nitro groups is 1. The quantitative estimate of drug-likeness (QED) is 0.624. The second-order valence-corrected chi connectivity index (χ2v) is 6.14. The van der Waals surface area contributed by atoms with Crippen LogP contribution in [0.5, 0.6) is 0 Å². The molecule has 1 aliphatic heterocycles. The number of hydrogen-bond donors (Lipinski definition) is 1. The Balaban J connectivity index is 0.00000243. The van der Waals surface area contributed by atoms with Gasteiger partial charge in [-0.15, -0.1) is 17.5 Å². The van der Waals surface area contributed by atoms with Gasteiger partial charge in [-0.25, -0.2) is 4.68 Å². The lowest BCUT2D eigenvalue weighted by atomic mass is 9.98. The van der Waals surface area contributed by atoms with E-state index in [-0.39, 0.29) is 29.7 Å². The number of nitrogens with one attached hydrogen (secondary N) is 1. The Morgan fingerprint density at radius 2 is 2.27 bits per heavy atom. The molecule has 9 nitrogen and oxygen atoms in total. The number of halogens is 1. The Morgan fingerprint density at radius 1 is 1.46 bits per heavy atom. The predicted molar refractivity (Wildman–Crippen MR) is 97.8 cm³/mol. The Labute approximate surface area is 156 Å². The molecule has 3 rings (SSSR count). The van der Waals surface area contributed by atoms with E-state index in [0.717, 1.165) is 19.4 Å². The number of hydrogen-bond acceptors (Lipinski definition) is 6. The first-order valence-corrected chi connectivity index (χ1v) is 8.19. The molecule has 0 spiro atoms. The maximum absolute atomic E-state index is 12.7. The summed E-state index contributed by atoms with van der Waals surface area (Å²) in [5.74, 6) is 0.284. The van der Waals surface area contributed by atoms with Gasteiger partial charge >= 0.3 is 0 Å². The zero-order valence-corrected chi connectivity index (χ0v) is 15.2. The van der Waals surface area contributed by atoms with Crippen molar-refractivity contribution in [2.24, 2.45) is 5.92 Å². The van der Waals surface area contributed by atoms with Crippen LogP contribution in [0, 0.1) is 16.0 Å². The summed E-state index contributed by atoms with van der Waals surface area (Å²) >= 11 is 0. The highest BCUT2D eigenvalue weighted by Gasteiger charge is 2.26. The van der Waals surface area contributed by atoms with Crippen molar-refractivity contribution in [2.75, 3.05) is 26.7 Å². The highest BCUT2D eigenvalue weighted by atomic mass is 35.5. The molecule has 26 heavy (non-hydrogen) atoms. The molecule has 1 amide bonds. The van der Waals surface area contributed by atoms with Crippen molar-refractivity contribution in [1.82, 2.24) is 25.2 Å². The third-order valence-corrected chi connectivity index (χ3v) is 4.32. The maximum atomic E-state index is 12.7. The van der Waals surface area contributed by atoms with Crippen molar-refractivity contribution in [3.8, 4) is 5.69 Å². The van der Waals surface area contributed by atoms with E-state index >= 15 is 0 Å². The normalized spacial score (nSPS) is 16.8. The zero-order valence-electron chi connectivity index (χ0n) is 14.4.